The van der Waals surface area contributed by atoms with Crippen LogP contribution in [0, 0.1) is 5.82 Å². The van der Waals surface area contributed by atoms with Gasteiger partial charge in [0.25, 0.3) is 0 Å². The van der Waals surface area contributed by atoms with E-state index >= 15 is 0 Å². The molecule has 1 rings (SSSR count). The van der Waals surface area contributed by atoms with Gasteiger partial charge in [0, 0.05) is 11.6 Å². The van der Waals surface area contributed by atoms with E-state index in [0.29, 0.717) is 10.8 Å². The zero-order chi connectivity index (χ0) is 12.1. The van der Waals surface area contributed by atoms with E-state index in [1.165, 1.54) is 24.6 Å². The summed E-state index contributed by atoms with van der Waals surface area (Å²) in [5.74, 6) is -0.655. The van der Waals surface area contributed by atoms with Crippen LogP contribution in [0.25, 0.3) is 0 Å². The maximum absolute atomic E-state index is 13.3. The number of hydrogen-bond acceptors (Lipinski definition) is 2. The summed E-state index contributed by atoms with van der Waals surface area (Å²) < 4.78 is 18.5. The first-order chi connectivity index (χ1) is 7.54. The van der Waals surface area contributed by atoms with Crippen LogP contribution < -0.4 is 4.74 Å². The number of halogens is 3. The fraction of sp³-hybridized carbons (Fsp3) is 0.182. The molecule has 0 aliphatic carbocycles. The Labute approximate surface area is 103 Å². The predicted octanol–water partition coefficient (Wildman–Crippen LogP) is 3.73. The highest BCUT2D eigenvalue weighted by molar-refractivity contribution is 6.36. The maximum atomic E-state index is 13.3. The van der Waals surface area contributed by atoms with E-state index < -0.39 is 5.82 Å². The Morgan fingerprint density at radius 3 is 2.75 bits per heavy atom. The second-order valence-corrected chi connectivity index (χ2v) is 3.75. The quantitative estimate of drug-likeness (QED) is 0.774. The summed E-state index contributed by atoms with van der Waals surface area (Å²) in [5.41, 5.74) is 1.20. The first-order valence-electron chi connectivity index (χ1n) is 4.42. The van der Waals surface area contributed by atoms with Crippen molar-refractivity contribution >= 4 is 29.0 Å². The van der Waals surface area contributed by atoms with Crippen molar-refractivity contribution in [2.24, 2.45) is 0 Å². The summed E-state index contributed by atoms with van der Waals surface area (Å²) in [4.78, 5) is 11.0. The Balaban J connectivity index is 2.78. The molecule has 1 aromatic carbocycles. The first kappa shape index (κ1) is 13.0. The largest absolute Gasteiger partial charge is 0.488 e. The summed E-state index contributed by atoms with van der Waals surface area (Å²) >= 11 is 10.9. The third-order valence-corrected chi connectivity index (χ3v) is 2.41. The van der Waals surface area contributed by atoms with Crippen molar-refractivity contribution in [3.05, 3.63) is 40.1 Å². The number of benzene rings is 1. The number of ether oxygens (including phenoxy) is 1. The van der Waals surface area contributed by atoms with Crippen molar-refractivity contribution in [1.82, 2.24) is 0 Å². The molecule has 1 aromatic rings. The molecule has 16 heavy (non-hydrogen) atoms. The Bertz CT molecular complexity index is 430. The normalized spacial score (nSPS) is 11.4. The number of carbonyl (C=O) groups excluding carboxylic acids is 1. The van der Waals surface area contributed by atoms with Crippen LogP contribution in [-0.2, 0) is 0 Å². The average molecular weight is 263 g/mol. The molecule has 0 atom stereocenters. The predicted molar refractivity (Wildman–Crippen MR) is 61.7 cm³/mol. The van der Waals surface area contributed by atoms with E-state index in [-0.39, 0.29) is 18.0 Å². The van der Waals surface area contributed by atoms with E-state index in [9.17, 15) is 9.18 Å². The van der Waals surface area contributed by atoms with E-state index in [0.717, 1.165) is 6.07 Å². The lowest BCUT2D eigenvalue weighted by atomic mass is 10.1. The van der Waals surface area contributed by atoms with Gasteiger partial charge in [0.1, 0.15) is 18.2 Å². The zero-order valence-electron chi connectivity index (χ0n) is 8.47. The van der Waals surface area contributed by atoms with Crippen LogP contribution in [-0.4, -0.2) is 12.4 Å². The van der Waals surface area contributed by atoms with Gasteiger partial charge in [0.2, 0.25) is 0 Å². The Morgan fingerprint density at radius 2 is 2.25 bits per heavy atom. The second kappa shape index (κ2) is 5.87. The van der Waals surface area contributed by atoms with Gasteiger partial charge in [-0.3, -0.25) is 4.79 Å². The fourth-order valence-corrected chi connectivity index (χ4v) is 1.17. The van der Waals surface area contributed by atoms with E-state index in [1.807, 2.05) is 0 Å². The van der Waals surface area contributed by atoms with Gasteiger partial charge in [0.15, 0.2) is 5.78 Å². The van der Waals surface area contributed by atoms with Crippen molar-refractivity contribution in [2.45, 2.75) is 6.92 Å². The minimum Gasteiger partial charge on any atom is -0.488 e. The smallest absolute Gasteiger partial charge is 0.162 e. The van der Waals surface area contributed by atoms with Crippen molar-refractivity contribution in [3.8, 4) is 5.75 Å². The standard InChI is InChI=1S/C11H9Cl2FO2/c1-7(15)10-3-2-9(4-11(10)14)16-6-8(13)5-12/h2-5H,6H2,1H3/b8-5-. The van der Waals surface area contributed by atoms with Crippen LogP contribution in [0.4, 0.5) is 4.39 Å². The van der Waals surface area contributed by atoms with Crippen LogP contribution in [0.2, 0.25) is 0 Å². The molecule has 0 aliphatic heterocycles. The van der Waals surface area contributed by atoms with Crippen LogP contribution in [0.1, 0.15) is 17.3 Å². The minimum absolute atomic E-state index is 0.0336. The molecular formula is C11H9Cl2FO2. The summed E-state index contributed by atoms with van der Waals surface area (Å²) in [7, 11) is 0. The van der Waals surface area contributed by atoms with Gasteiger partial charge >= 0.3 is 0 Å². The monoisotopic (exact) mass is 262 g/mol. The molecule has 0 saturated carbocycles. The molecule has 0 aromatic heterocycles. The molecule has 0 saturated heterocycles. The molecular weight excluding hydrogens is 254 g/mol. The van der Waals surface area contributed by atoms with Gasteiger partial charge < -0.3 is 4.74 Å². The lowest BCUT2D eigenvalue weighted by molar-refractivity contribution is 0.101. The van der Waals surface area contributed by atoms with Gasteiger partial charge in [0.05, 0.1) is 10.6 Å². The Kier molecular flexibility index (Phi) is 4.77. The minimum atomic E-state index is -0.615. The highest BCUT2D eigenvalue weighted by atomic mass is 35.5. The maximum Gasteiger partial charge on any atom is 0.162 e. The summed E-state index contributed by atoms with van der Waals surface area (Å²) in [6.07, 6.45) is 0. The third kappa shape index (κ3) is 3.51. The molecule has 0 radical (unpaired) electrons. The summed E-state index contributed by atoms with van der Waals surface area (Å²) in [5, 5.41) is 0.303. The Morgan fingerprint density at radius 1 is 1.56 bits per heavy atom. The lowest BCUT2D eigenvalue weighted by Crippen LogP contribution is -2.00. The summed E-state index contributed by atoms with van der Waals surface area (Å²) in [6, 6.07) is 4.00. The van der Waals surface area contributed by atoms with Crippen LogP contribution in [0.5, 0.6) is 5.75 Å². The molecule has 0 heterocycles. The average Bonchev–Trinajstić information content (AvgIpc) is 2.25. The van der Waals surface area contributed by atoms with Gasteiger partial charge in [-0.25, -0.2) is 4.39 Å². The first-order valence-corrected chi connectivity index (χ1v) is 5.24. The SMILES string of the molecule is CC(=O)c1ccc(OC/C(Cl)=C/Cl)cc1F. The molecule has 2 nitrogen and oxygen atoms in total. The number of hydrogen-bond donors (Lipinski definition) is 0. The van der Waals surface area contributed by atoms with E-state index in [1.54, 1.807) is 0 Å². The highest BCUT2D eigenvalue weighted by Gasteiger charge is 2.08. The topological polar surface area (TPSA) is 26.3 Å². The molecule has 0 bridgehead atoms. The second-order valence-electron chi connectivity index (χ2n) is 3.04. The van der Waals surface area contributed by atoms with Crippen molar-refractivity contribution in [3.63, 3.8) is 0 Å². The van der Waals surface area contributed by atoms with Crippen LogP contribution >= 0.6 is 23.2 Å². The van der Waals surface area contributed by atoms with Gasteiger partial charge in [-0.2, -0.15) is 0 Å². The van der Waals surface area contributed by atoms with Crippen LogP contribution in [0.3, 0.4) is 0 Å². The molecule has 0 spiro atoms. The molecule has 5 heteroatoms. The van der Waals surface area contributed by atoms with Gasteiger partial charge in [-0.15, -0.1) is 0 Å². The molecule has 0 aliphatic rings. The zero-order valence-corrected chi connectivity index (χ0v) is 9.98. The number of Topliss-reactive ketones (excluding diaryl/α,β-unsaturated/α-hetero) is 1. The van der Waals surface area contributed by atoms with E-state index in [2.05, 4.69) is 0 Å². The van der Waals surface area contributed by atoms with E-state index in [4.69, 9.17) is 27.9 Å². The fourth-order valence-electron chi connectivity index (χ4n) is 1.05. The molecule has 0 fully saturated rings. The van der Waals surface area contributed by atoms with Crippen molar-refractivity contribution in [1.29, 1.82) is 0 Å². The number of carbonyl (C=O) groups is 1. The molecule has 0 N–H and O–H groups in total. The lowest BCUT2D eigenvalue weighted by Gasteiger charge is -2.06. The molecule has 0 unspecified atom stereocenters. The van der Waals surface area contributed by atoms with Crippen molar-refractivity contribution in [2.75, 3.05) is 6.61 Å². The number of ketones is 1. The molecule has 86 valence electrons. The third-order valence-electron chi connectivity index (χ3n) is 1.81. The van der Waals surface area contributed by atoms with Gasteiger partial charge in [-0.1, -0.05) is 23.2 Å². The number of rotatable bonds is 4. The van der Waals surface area contributed by atoms with Gasteiger partial charge in [-0.05, 0) is 19.1 Å². The highest BCUT2D eigenvalue weighted by Crippen LogP contribution is 2.18. The Hall–Kier alpha value is -1.06. The van der Waals surface area contributed by atoms with Crippen molar-refractivity contribution < 1.29 is 13.9 Å². The summed E-state index contributed by atoms with van der Waals surface area (Å²) in [6.45, 7) is 1.36. The molecule has 0 amide bonds. The van der Waals surface area contributed by atoms with Crippen LogP contribution in [0.15, 0.2) is 28.8 Å².